The van der Waals surface area contributed by atoms with Gasteiger partial charge in [-0.25, -0.2) is 4.39 Å². The second-order valence-electron chi connectivity index (χ2n) is 6.24. The second-order valence-corrected chi connectivity index (χ2v) is 6.57. The molecule has 0 saturated carbocycles. The maximum atomic E-state index is 14.5. The van der Waals surface area contributed by atoms with Gasteiger partial charge < -0.3 is 9.84 Å². The Bertz CT molecular complexity index is 389. The minimum atomic E-state index is -3.17. The molecule has 0 saturated heterocycles. The number of ether oxygens (including phenoxy) is 1. The van der Waals surface area contributed by atoms with E-state index in [4.69, 9.17) is 4.74 Å². The number of hydrogen-bond acceptors (Lipinski definition) is 3. The molecule has 2 atom stereocenters. The predicted octanol–water partition coefficient (Wildman–Crippen LogP) is 6.42. The molecule has 0 aliphatic carbocycles. The molecule has 0 spiro atoms. The average Bonchev–Trinajstić information content (AvgIpc) is 2.59. The van der Waals surface area contributed by atoms with Gasteiger partial charge in [0.25, 0.3) is 5.85 Å². The third kappa shape index (κ3) is 11.7. The first-order valence-electron chi connectivity index (χ1n) is 9.03. The Hall–Kier alpha value is -0.530. The highest BCUT2D eigenvalue weighted by Crippen LogP contribution is 2.34. The second kappa shape index (κ2) is 14.6. The van der Waals surface area contributed by atoms with Crippen LogP contribution in [-0.2, 0) is 4.74 Å². The molecule has 2 unspecified atom stereocenters. The van der Waals surface area contributed by atoms with Gasteiger partial charge in [0.05, 0.1) is 12.7 Å². The molecule has 0 radical (unpaired) electrons. The van der Waals surface area contributed by atoms with Gasteiger partial charge in [0.1, 0.15) is 0 Å². The largest absolute Gasteiger partial charge is 0.391 e. The Morgan fingerprint density at radius 2 is 1.72 bits per heavy atom. The first-order valence-corrected chi connectivity index (χ1v) is 9.50. The van der Waals surface area contributed by atoms with Gasteiger partial charge in [-0.2, -0.15) is 13.2 Å². The van der Waals surface area contributed by atoms with Crippen LogP contribution in [0.15, 0.2) is 11.9 Å². The minimum Gasteiger partial charge on any atom is -0.391 e. The van der Waals surface area contributed by atoms with E-state index in [1.54, 1.807) is 5.37 Å². The molecule has 148 valence electrons. The zero-order valence-electron chi connectivity index (χ0n) is 14.9. The van der Waals surface area contributed by atoms with Crippen molar-refractivity contribution in [1.82, 2.24) is 0 Å². The van der Waals surface area contributed by atoms with Gasteiger partial charge >= 0.3 is 6.08 Å². The highest BCUT2D eigenvalue weighted by molar-refractivity contribution is 7.78. The summed E-state index contributed by atoms with van der Waals surface area (Å²) in [7, 11) is 0. The first kappa shape index (κ1) is 24.5. The Balaban J connectivity index is 4.41. The van der Waals surface area contributed by atoms with Crippen molar-refractivity contribution in [2.75, 3.05) is 6.61 Å². The molecule has 0 aliphatic rings. The summed E-state index contributed by atoms with van der Waals surface area (Å²) in [5, 5.41) is 11.3. The number of unbranched alkanes of at least 4 members (excludes halogenated alkanes) is 7. The topological polar surface area (TPSA) is 29.5 Å². The molecule has 0 aromatic carbocycles. The molecule has 0 amide bonds. The average molecular weight is 386 g/mol. The van der Waals surface area contributed by atoms with Gasteiger partial charge in [-0.3, -0.25) is 0 Å². The molecule has 0 aliphatic heterocycles. The Kier molecular flexibility index (Phi) is 14.3. The minimum absolute atomic E-state index is 0.242. The first-order chi connectivity index (χ1) is 11.9. The lowest BCUT2D eigenvalue weighted by molar-refractivity contribution is -0.157. The van der Waals surface area contributed by atoms with E-state index in [-0.39, 0.29) is 6.42 Å². The van der Waals surface area contributed by atoms with Gasteiger partial charge in [-0.05, 0) is 31.1 Å². The molecule has 0 aromatic heterocycles. The van der Waals surface area contributed by atoms with E-state index in [0.29, 0.717) is 19.3 Å². The van der Waals surface area contributed by atoms with E-state index in [2.05, 4.69) is 19.1 Å². The summed E-state index contributed by atoms with van der Waals surface area (Å²) in [4.78, 5) is 0. The van der Waals surface area contributed by atoms with Crippen molar-refractivity contribution >= 4 is 17.6 Å². The summed E-state index contributed by atoms with van der Waals surface area (Å²) in [6, 6.07) is 0. The number of rotatable bonds is 16. The zero-order valence-corrected chi connectivity index (χ0v) is 15.7. The number of thiocarbonyl (C=S) groups is 1. The van der Waals surface area contributed by atoms with E-state index in [1.165, 1.54) is 0 Å². The lowest BCUT2D eigenvalue weighted by Gasteiger charge is -2.25. The van der Waals surface area contributed by atoms with Gasteiger partial charge in [0.15, 0.2) is 0 Å². The molecule has 25 heavy (non-hydrogen) atoms. The lowest BCUT2D eigenvalue weighted by Crippen LogP contribution is -2.32. The molecule has 1 N–H and O–H groups in total. The van der Waals surface area contributed by atoms with Crippen LogP contribution in [0.1, 0.15) is 77.6 Å². The molecule has 0 aromatic rings. The quantitative estimate of drug-likeness (QED) is 0.189. The number of halogens is 4. The molecular formula is C18H30F4O2S. The van der Waals surface area contributed by atoms with E-state index < -0.39 is 36.9 Å². The van der Waals surface area contributed by atoms with Crippen molar-refractivity contribution in [3.05, 3.63) is 11.9 Å². The van der Waals surface area contributed by atoms with Crippen LogP contribution < -0.4 is 0 Å². The summed E-state index contributed by atoms with van der Waals surface area (Å²) in [6.07, 6.45) is 3.02. The highest BCUT2D eigenvalue weighted by atomic mass is 32.1. The Morgan fingerprint density at radius 3 is 2.32 bits per heavy atom. The van der Waals surface area contributed by atoms with Crippen molar-refractivity contribution < 1.29 is 27.4 Å². The van der Waals surface area contributed by atoms with Crippen LogP contribution >= 0.6 is 12.2 Å². The maximum Gasteiger partial charge on any atom is 0.307 e. The summed E-state index contributed by atoms with van der Waals surface area (Å²) in [5.41, 5.74) is 0. The lowest BCUT2D eigenvalue weighted by atomic mass is 10.0. The molecule has 0 fully saturated rings. The monoisotopic (exact) mass is 386 g/mol. The van der Waals surface area contributed by atoms with E-state index in [1.807, 2.05) is 0 Å². The van der Waals surface area contributed by atoms with Crippen LogP contribution in [0.2, 0.25) is 0 Å². The fourth-order valence-electron chi connectivity index (χ4n) is 2.44. The third-order valence-electron chi connectivity index (χ3n) is 3.96. The van der Waals surface area contributed by atoms with Gasteiger partial charge in [0.2, 0.25) is 5.83 Å². The summed E-state index contributed by atoms with van der Waals surface area (Å²) in [6.45, 7) is 1.54. The van der Waals surface area contributed by atoms with Crippen molar-refractivity contribution in [3.8, 4) is 0 Å². The number of aliphatic hydroxyl groups excluding tert-OH is 1. The van der Waals surface area contributed by atoms with E-state index in [0.717, 1.165) is 38.5 Å². The van der Waals surface area contributed by atoms with Crippen LogP contribution in [0.3, 0.4) is 0 Å². The Labute approximate surface area is 153 Å². The van der Waals surface area contributed by atoms with Crippen molar-refractivity contribution in [1.29, 1.82) is 0 Å². The van der Waals surface area contributed by atoms with Crippen LogP contribution in [0, 0.1) is 0 Å². The normalized spacial score (nSPS) is 14.8. The van der Waals surface area contributed by atoms with Crippen LogP contribution in [0.25, 0.3) is 0 Å². The van der Waals surface area contributed by atoms with Crippen molar-refractivity contribution in [2.24, 2.45) is 0 Å². The fourth-order valence-corrected chi connectivity index (χ4v) is 2.60. The summed E-state index contributed by atoms with van der Waals surface area (Å²) in [5.74, 6) is -5.35. The summed E-state index contributed by atoms with van der Waals surface area (Å²) < 4.78 is 57.9. The third-order valence-corrected chi connectivity index (χ3v) is 4.20. The highest BCUT2D eigenvalue weighted by Gasteiger charge is 2.40. The van der Waals surface area contributed by atoms with Gasteiger partial charge in [-0.1, -0.05) is 57.7 Å². The van der Waals surface area contributed by atoms with E-state index >= 15 is 0 Å². The maximum absolute atomic E-state index is 14.5. The molecule has 0 rings (SSSR count). The molecular weight excluding hydrogens is 356 g/mol. The SMILES string of the molecule is CCCCCCCCC(F)(OCC(O)CCCCC=S)C(F)=C(F)F. The predicted molar refractivity (Wildman–Crippen MR) is 96.3 cm³/mol. The molecule has 0 heterocycles. The molecule has 7 heteroatoms. The zero-order chi connectivity index (χ0) is 19.1. The van der Waals surface area contributed by atoms with Crippen molar-refractivity contribution in [2.45, 2.75) is 89.5 Å². The smallest absolute Gasteiger partial charge is 0.307 e. The number of alkyl halides is 1. The number of aliphatic hydroxyl groups is 1. The van der Waals surface area contributed by atoms with Crippen LogP contribution in [0.4, 0.5) is 17.6 Å². The number of hydrogen-bond donors (Lipinski definition) is 1. The van der Waals surface area contributed by atoms with Crippen LogP contribution in [-0.4, -0.2) is 29.0 Å². The molecule has 0 bridgehead atoms. The van der Waals surface area contributed by atoms with Crippen LogP contribution in [0.5, 0.6) is 0 Å². The van der Waals surface area contributed by atoms with Gasteiger partial charge in [0, 0.05) is 6.42 Å². The van der Waals surface area contributed by atoms with E-state index in [9.17, 15) is 22.7 Å². The van der Waals surface area contributed by atoms with Gasteiger partial charge in [-0.15, -0.1) is 0 Å². The standard InChI is InChI=1S/C18H30F4O2S/c1-2-3-4-5-6-9-12-18(22,16(19)17(20)21)24-14-15(23)11-8-7-10-13-25/h13,15,23H,2-12,14H2,1H3. The fraction of sp³-hybridized carbons (Fsp3) is 0.833. The van der Waals surface area contributed by atoms with Crippen molar-refractivity contribution in [3.63, 3.8) is 0 Å². The Morgan fingerprint density at radius 1 is 1.08 bits per heavy atom. The summed E-state index contributed by atoms with van der Waals surface area (Å²) >= 11 is 4.68. The molecule has 2 nitrogen and oxygen atoms in total.